The van der Waals surface area contributed by atoms with Crippen LogP contribution in [0.25, 0.3) is 0 Å². The molecule has 0 atom stereocenters. The van der Waals surface area contributed by atoms with E-state index in [-0.39, 0.29) is 40.7 Å². The van der Waals surface area contributed by atoms with Crippen molar-refractivity contribution in [2.75, 3.05) is 0 Å². The van der Waals surface area contributed by atoms with Crippen LogP contribution in [0.1, 0.15) is 15.9 Å². The average molecular weight is 300 g/mol. The predicted molar refractivity (Wildman–Crippen MR) is 65.9 cm³/mol. The number of benzene rings is 2. The van der Waals surface area contributed by atoms with Crippen molar-refractivity contribution in [2.45, 2.75) is 4.90 Å². The van der Waals surface area contributed by atoms with Crippen LogP contribution in [0.15, 0.2) is 53.4 Å². The fraction of sp³-hybridized carbons (Fsp3) is 0. The number of phenolic OH excluding ortho intramolecular Hbond substituents is 1. The molecular weight excluding hydrogens is 291 g/mol. The summed E-state index contributed by atoms with van der Waals surface area (Å²) < 4.78 is 33.4. The predicted octanol–water partition coefficient (Wildman–Crippen LogP) is -1.47. The van der Waals surface area contributed by atoms with Gasteiger partial charge in [0, 0.05) is 11.1 Å². The zero-order chi connectivity index (χ0) is 14.0. The minimum Gasteiger partial charge on any atom is -0.744 e. The van der Waals surface area contributed by atoms with Gasteiger partial charge in [-0.2, -0.15) is 0 Å². The molecule has 2 rings (SSSR count). The van der Waals surface area contributed by atoms with Crippen LogP contribution < -0.4 is 29.6 Å². The van der Waals surface area contributed by atoms with Gasteiger partial charge in [0.15, 0.2) is 5.78 Å². The fourth-order valence-corrected chi connectivity index (χ4v) is 2.47. The number of hydrogen-bond acceptors (Lipinski definition) is 5. The van der Waals surface area contributed by atoms with Crippen molar-refractivity contribution >= 4 is 15.9 Å². The maximum atomic E-state index is 12.2. The Morgan fingerprint density at radius 1 is 1.00 bits per heavy atom. The average Bonchev–Trinajstić information content (AvgIpc) is 2.37. The molecular formula is C13H9NaO5S. The van der Waals surface area contributed by atoms with Gasteiger partial charge in [0.05, 0.1) is 0 Å². The van der Waals surface area contributed by atoms with Crippen molar-refractivity contribution in [3.63, 3.8) is 0 Å². The fourth-order valence-electron chi connectivity index (χ4n) is 1.71. The molecule has 0 spiro atoms. The first-order valence-corrected chi connectivity index (χ1v) is 6.69. The molecule has 7 heteroatoms. The largest absolute Gasteiger partial charge is 1.00 e. The quantitative estimate of drug-likeness (QED) is 0.424. The van der Waals surface area contributed by atoms with Crippen LogP contribution in [0, 0.1) is 0 Å². The van der Waals surface area contributed by atoms with Crippen molar-refractivity contribution in [3.8, 4) is 5.75 Å². The molecule has 0 aliphatic carbocycles. The molecule has 98 valence electrons. The molecule has 0 fully saturated rings. The Kier molecular flexibility index (Phi) is 5.50. The molecule has 2 aromatic rings. The number of ketones is 1. The van der Waals surface area contributed by atoms with E-state index in [2.05, 4.69) is 0 Å². The van der Waals surface area contributed by atoms with E-state index in [4.69, 9.17) is 0 Å². The molecule has 0 saturated heterocycles. The molecule has 0 radical (unpaired) electrons. The Hall–Kier alpha value is -1.18. The van der Waals surface area contributed by atoms with Crippen LogP contribution in [0.4, 0.5) is 0 Å². The molecule has 0 heterocycles. The number of carbonyl (C=O) groups excluding carboxylic acids is 1. The zero-order valence-electron chi connectivity index (χ0n) is 10.6. The molecule has 2 aromatic carbocycles. The number of phenols is 1. The van der Waals surface area contributed by atoms with E-state index in [1.165, 1.54) is 24.3 Å². The SMILES string of the molecule is O=C(c1ccccc1)c1cccc(O)c1S(=O)(=O)[O-].[Na+]. The molecule has 0 aromatic heterocycles. The third kappa shape index (κ3) is 3.47. The monoisotopic (exact) mass is 300 g/mol. The molecule has 0 amide bonds. The molecule has 0 saturated carbocycles. The van der Waals surface area contributed by atoms with E-state index in [1.54, 1.807) is 18.2 Å². The molecule has 20 heavy (non-hydrogen) atoms. The first-order valence-electron chi connectivity index (χ1n) is 5.29. The van der Waals surface area contributed by atoms with Crippen molar-refractivity contribution in [3.05, 3.63) is 59.7 Å². The zero-order valence-corrected chi connectivity index (χ0v) is 13.4. The Bertz CT molecular complexity index is 726. The number of carbonyl (C=O) groups is 1. The second kappa shape index (κ2) is 6.51. The summed E-state index contributed by atoms with van der Waals surface area (Å²) in [7, 11) is -4.94. The number of rotatable bonds is 3. The summed E-state index contributed by atoms with van der Waals surface area (Å²) in [5.41, 5.74) is -0.0980. The Balaban J connectivity index is 0.00000200. The summed E-state index contributed by atoms with van der Waals surface area (Å²) in [5.74, 6) is -1.36. The van der Waals surface area contributed by atoms with Gasteiger partial charge in [-0.3, -0.25) is 4.79 Å². The molecule has 0 unspecified atom stereocenters. The van der Waals surface area contributed by atoms with E-state index >= 15 is 0 Å². The summed E-state index contributed by atoms with van der Waals surface area (Å²) in [6, 6.07) is 11.5. The van der Waals surface area contributed by atoms with Gasteiger partial charge < -0.3 is 9.66 Å². The minimum atomic E-state index is -4.94. The maximum Gasteiger partial charge on any atom is 1.00 e. The van der Waals surface area contributed by atoms with Gasteiger partial charge >= 0.3 is 29.6 Å². The topological polar surface area (TPSA) is 94.5 Å². The van der Waals surface area contributed by atoms with E-state index in [0.717, 1.165) is 6.07 Å². The molecule has 0 bridgehead atoms. The van der Waals surface area contributed by atoms with Gasteiger partial charge in [-0.25, -0.2) is 8.42 Å². The summed E-state index contributed by atoms with van der Waals surface area (Å²) in [6.07, 6.45) is 0. The van der Waals surface area contributed by atoms with E-state index in [9.17, 15) is 22.9 Å². The van der Waals surface area contributed by atoms with Crippen LogP contribution in [0.3, 0.4) is 0 Å². The van der Waals surface area contributed by atoms with Crippen LogP contribution >= 0.6 is 0 Å². The van der Waals surface area contributed by atoms with Crippen molar-refractivity contribution in [1.82, 2.24) is 0 Å². The smallest absolute Gasteiger partial charge is 0.744 e. The van der Waals surface area contributed by atoms with E-state index < -0.39 is 26.5 Å². The van der Waals surface area contributed by atoms with Crippen LogP contribution in [-0.2, 0) is 10.1 Å². The molecule has 1 N–H and O–H groups in total. The normalized spacial score (nSPS) is 10.7. The van der Waals surface area contributed by atoms with Crippen LogP contribution in [0.2, 0.25) is 0 Å². The van der Waals surface area contributed by atoms with Crippen molar-refractivity contribution < 1.29 is 52.4 Å². The summed E-state index contributed by atoms with van der Waals surface area (Å²) >= 11 is 0. The van der Waals surface area contributed by atoms with Gasteiger partial charge in [-0.15, -0.1) is 0 Å². The summed E-state index contributed by atoms with van der Waals surface area (Å²) in [6.45, 7) is 0. The Morgan fingerprint density at radius 2 is 1.60 bits per heavy atom. The van der Waals surface area contributed by atoms with Gasteiger partial charge in [0.2, 0.25) is 0 Å². The molecule has 0 aliphatic heterocycles. The summed E-state index contributed by atoms with van der Waals surface area (Å²) in [4.78, 5) is 11.3. The standard InChI is InChI=1S/C13H10O5S.Na/c14-11-8-4-7-10(13(11)19(16,17)18)12(15)9-5-2-1-3-6-9;/h1-8,14H,(H,16,17,18);/q;+1/p-1. The summed E-state index contributed by atoms with van der Waals surface area (Å²) in [5, 5.41) is 9.49. The third-order valence-electron chi connectivity index (χ3n) is 2.52. The Morgan fingerprint density at radius 3 is 2.15 bits per heavy atom. The maximum absolute atomic E-state index is 12.2. The molecule has 0 aliphatic rings. The molecule has 5 nitrogen and oxygen atoms in total. The van der Waals surface area contributed by atoms with Crippen LogP contribution in [-0.4, -0.2) is 23.9 Å². The van der Waals surface area contributed by atoms with E-state index in [1.807, 2.05) is 0 Å². The number of hydrogen-bond donors (Lipinski definition) is 1. The second-order valence-corrected chi connectivity index (χ2v) is 5.12. The van der Waals surface area contributed by atoms with Crippen molar-refractivity contribution in [1.29, 1.82) is 0 Å². The van der Waals surface area contributed by atoms with E-state index in [0.29, 0.717) is 0 Å². The van der Waals surface area contributed by atoms with Crippen LogP contribution in [0.5, 0.6) is 5.75 Å². The van der Waals surface area contributed by atoms with Gasteiger partial charge in [-0.05, 0) is 12.1 Å². The van der Waals surface area contributed by atoms with Crippen molar-refractivity contribution in [2.24, 2.45) is 0 Å². The Labute approximate surface area is 138 Å². The first-order chi connectivity index (χ1) is 8.91. The minimum absolute atomic E-state index is 0. The van der Waals surface area contributed by atoms with Gasteiger partial charge in [0.25, 0.3) is 0 Å². The van der Waals surface area contributed by atoms with Gasteiger partial charge in [-0.1, -0.05) is 36.4 Å². The van der Waals surface area contributed by atoms with Gasteiger partial charge in [0.1, 0.15) is 20.8 Å². The first kappa shape index (κ1) is 16.9. The number of aromatic hydroxyl groups is 1. The second-order valence-electron chi connectivity index (χ2n) is 3.80. The third-order valence-corrected chi connectivity index (χ3v) is 3.45.